The van der Waals surface area contributed by atoms with Crippen LogP contribution in [-0.4, -0.2) is 23.8 Å². The molecule has 0 spiro atoms. The van der Waals surface area contributed by atoms with E-state index < -0.39 is 0 Å². The van der Waals surface area contributed by atoms with E-state index in [2.05, 4.69) is 35.4 Å². The fraction of sp³-hybridized carbons (Fsp3) is 0.462. The summed E-state index contributed by atoms with van der Waals surface area (Å²) in [5.74, 6) is 1.16. The predicted octanol–water partition coefficient (Wildman–Crippen LogP) is 3.78. The summed E-state index contributed by atoms with van der Waals surface area (Å²) in [7, 11) is 2.02. The molecule has 0 saturated heterocycles. The van der Waals surface area contributed by atoms with Gasteiger partial charge in [0, 0.05) is 11.8 Å². The Morgan fingerprint density at radius 3 is 3.00 bits per heavy atom. The summed E-state index contributed by atoms with van der Waals surface area (Å²) in [6.45, 7) is 2.22. The van der Waals surface area contributed by atoms with Gasteiger partial charge in [0.1, 0.15) is 0 Å². The second-order valence-corrected chi connectivity index (χ2v) is 6.50. The number of rotatable bonds is 6. The van der Waals surface area contributed by atoms with Crippen LogP contribution >= 0.6 is 23.1 Å². The Morgan fingerprint density at radius 2 is 2.24 bits per heavy atom. The first-order valence-corrected chi connectivity index (χ1v) is 7.75. The van der Waals surface area contributed by atoms with Crippen LogP contribution in [0.5, 0.6) is 0 Å². The van der Waals surface area contributed by atoms with Crippen molar-refractivity contribution in [3.05, 3.63) is 24.3 Å². The molecule has 0 bridgehead atoms. The van der Waals surface area contributed by atoms with Gasteiger partial charge in [0.05, 0.1) is 10.2 Å². The van der Waals surface area contributed by atoms with Crippen molar-refractivity contribution in [2.75, 3.05) is 12.8 Å². The molecule has 0 aliphatic carbocycles. The third kappa shape index (κ3) is 3.69. The van der Waals surface area contributed by atoms with Crippen molar-refractivity contribution in [3.8, 4) is 0 Å². The highest BCUT2D eigenvalue weighted by Gasteiger charge is 2.04. The summed E-state index contributed by atoms with van der Waals surface area (Å²) >= 11 is 3.68. The second kappa shape index (κ2) is 6.38. The smallest absolute Gasteiger partial charge is 0.151 e. The van der Waals surface area contributed by atoms with Crippen LogP contribution in [0.1, 0.15) is 19.8 Å². The Balaban J connectivity index is 1.83. The van der Waals surface area contributed by atoms with Crippen molar-refractivity contribution in [1.29, 1.82) is 0 Å². The molecule has 0 aliphatic rings. The molecule has 1 aromatic heterocycles. The van der Waals surface area contributed by atoms with Crippen LogP contribution in [0.25, 0.3) is 10.2 Å². The Kier molecular flexibility index (Phi) is 4.83. The zero-order valence-electron chi connectivity index (χ0n) is 10.3. The van der Waals surface area contributed by atoms with Crippen molar-refractivity contribution in [3.63, 3.8) is 0 Å². The van der Waals surface area contributed by atoms with Gasteiger partial charge in [-0.05, 0) is 38.9 Å². The van der Waals surface area contributed by atoms with Crippen molar-refractivity contribution >= 4 is 33.3 Å². The summed E-state index contributed by atoms with van der Waals surface area (Å²) in [5, 5.41) is 3.26. The summed E-state index contributed by atoms with van der Waals surface area (Å²) < 4.78 is 2.49. The predicted molar refractivity (Wildman–Crippen MR) is 78.1 cm³/mol. The molecule has 1 atom stereocenters. The minimum absolute atomic E-state index is 0.617. The summed E-state index contributed by atoms with van der Waals surface area (Å²) in [5.41, 5.74) is 1.13. The first kappa shape index (κ1) is 12.9. The summed E-state index contributed by atoms with van der Waals surface area (Å²) in [6.07, 6.45) is 2.47. The highest BCUT2D eigenvalue weighted by Crippen LogP contribution is 2.29. The lowest BCUT2D eigenvalue weighted by Gasteiger charge is -2.08. The zero-order chi connectivity index (χ0) is 12.1. The first-order valence-electron chi connectivity index (χ1n) is 5.95. The van der Waals surface area contributed by atoms with E-state index in [0.29, 0.717) is 6.04 Å². The standard InChI is InChI=1S/C13H18N2S2/c1-10(14-2)6-5-9-16-13-15-11-7-3-4-8-12(11)17-13/h3-4,7-8,10,14H,5-6,9H2,1-2H3. The van der Waals surface area contributed by atoms with Gasteiger partial charge in [0.2, 0.25) is 0 Å². The molecule has 17 heavy (non-hydrogen) atoms. The average Bonchev–Trinajstić information content (AvgIpc) is 2.76. The number of hydrogen-bond donors (Lipinski definition) is 1. The third-order valence-electron chi connectivity index (χ3n) is 2.77. The molecule has 2 aromatic rings. The lowest BCUT2D eigenvalue weighted by atomic mass is 10.2. The van der Waals surface area contributed by atoms with Gasteiger partial charge in [0.15, 0.2) is 4.34 Å². The fourth-order valence-corrected chi connectivity index (χ4v) is 3.71. The van der Waals surface area contributed by atoms with E-state index in [1.54, 1.807) is 11.3 Å². The summed E-state index contributed by atoms with van der Waals surface area (Å²) in [4.78, 5) is 4.62. The Bertz CT molecular complexity index is 434. The van der Waals surface area contributed by atoms with Gasteiger partial charge in [-0.2, -0.15) is 0 Å². The lowest BCUT2D eigenvalue weighted by Crippen LogP contribution is -2.20. The highest BCUT2D eigenvalue weighted by atomic mass is 32.2. The van der Waals surface area contributed by atoms with Crippen LogP contribution in [-0.2, 0) is 0 Å². The van der Waals surface area contributed by atoms with Gasteiger partial charge in [-0.3, -0.25) is 0 Å². The van der Waals surface area contributed by atoms with Gasteiger partial charge in [-0.25, -0.2) is 4.98 Å². The molecule has 92 valence electrons. The monoisotopic (exact) mass is 266 g/mol. The second-order valence-electron chi connectivity index (χ2n) is 4.13. The molecule has 0 radical (unpaired) electrons. The molecule has 1 N–H and O–H groups in total. The molecule has 0 amide bonds. The van der Waals surface area contributed by atoms with Crippen LogP contribution < -0.4 is 5.32 Å². The Hall–Kier alpha value is -0.580. The minimum Gasteiger partial charge on any atom is -0.317 e. The van der Waals surface area contributed by atoms with Crippen LogP contribution in [0.2, 0.25) is 0 Å². The van der Waals surface area contributed by atoms with Gasteiger partial charge in [-0.15, -0.1) is 11.3 Å². The number of thioether (sulfide) groups is 1. The maximum atomic E-state index is 4.62. The molecule has 4 heteroatoms. The largest absolute Gasteiger partial charge is 0.317 e. The van der Waals surface area contributed by atoms with E-state index in [0.717, 1.165) is 11.3 Å². The fourth-order valence-electron chi connectivity index (χ4n) is 1.61. The molecule has 2 rings (SSSR count). The molecule has 1 heterocycles. The molecule has 2 nitrogen and oxygen atoms in total. The van der Waals surface area contributed by atoms with E-state index in [1.807, 2.05) is 24.9 Å². The van der Waals surface area contributed by atoms with E-state index in [4.69, 9.17) is 0 Å². The van der Waals surface area contributed by atoms with E-state index >= 15 is 0 Å². The zero-order valence-corrected chi connectivity index (χ0v) is 11.9. The Morgan fingerprint density at radius 1 is 1.41 bits per heavy atom. The van der Waals surface area contributed by atoms with Gasteiger partial charge in [0.25, 0.3) is 0 Å². The number of nitrogens with one attached hydrogen (secondary N) is 1. The van der Waals surface area contributed by atoms with E-state index in [9.17, 15) is 0 Å². The van der Waals surface area contributed by atoms with Crippen molar-refractivity contribution in [2.45, 2.75) is 30.1 Å². The number of hydrogen-bond acceptors (Lipinski definition) is 4. The van der Waals surface area contributed by atoms with Crippen LogP contribution in [0.15, 0.2) is 28.6 Å². The number of nitrogens with zero attached hydrogens (tertiary/aromatic N) is 1. The molecular weight excluding hydrogens is 248 g/mol. The topological polar surface area (TPSA) is 24.9 Å². The van der Waals surface area contributed by atoms with Crippen molar-refractivity contribution in [1.82, 2.24) is 10.3 Å². The van der Waals surface area contributed by atoms with E-state index in [-0.39, 0.29) is 0 Å². The minimum atomic E-state index is 0.617. The highest BCUT2D eigenvalue weighted by molar-refractivity contribution is 8.01. The normalized spacial score (nSPS) is 13.1. The van der Waals surface area contributed by atoms with E-state index in [1.165, 1.54) is 21.9 Å². The molecule has 1 unspecified atom stereocenters. The molecule has 0 fully saturated rings. The van der Waals surface area contributed by atoms with Crippen molar-refractivity contribution < 1.29 is 0 Å². The molecule has 0 saturated carbocycles. The number of aromatic nitrogens is 1. The summed E-state index contributed by atoms with van der Waals surface area (Å²) in [6, 6.07) is 8.96. The maximum Gasteiger partial charge on any atom is 0.151 e. The first-order chi connectivity index (χ1) is 8.29. The van der Waals surface area contributed by atoms with Gasteiger partial charge >= 0.3 is 0 Å². The lowest BCUT2D eigenvalue weighted by molar-refractivity contribution is 0.559. The van der Waals surface area contributed by atoms with Crippen LogP contribution in [0.4, 0.5) is 0 Å². The van der Waals surface area contributed by atoms with Crippen LogP contribution in [0, 0.1) is 0 Å². The molecular formula is C13H18N2S2. The molecule has 1 aromatic carbocycles. The average molecular weight is 266 g/mol. The van der Waals surface area contributed by atoms with Gasteiger partial charge < -0.3 is 5.32 Å². The van der Waals surface area contributed by atoms with Gasteiger partial charge in [-0.1, -0.05) is 23.9 Å². The third-order valence-corrected chi connectivity index (χ3v) is 5.04. The SMILES string of the molecule is CNC(C)CCCSc1nc2ccccc2s1. The van der Waals surface area contributed by atoms with Crippen LogP contribution in [0.3, 0.4) is 0 Å². The Labute approximate surface area is 111 Å². The number of fused-ring (bicyclic) bond motifs is 1. The number of thiazole rings is 1. The maximum absolute atomic E-state index is 4.62. The quantitative estimate of drug-likeness (QED) is 0.636. The van der Waals surface area contributed by atoms with Crippen molar-refractivity contribution in [2.24, 2.45) is 0 Å². The number of benzene rings is 1. The molecule has 0 aliphatic heterocycles. The number of para-hydroxylation sites is 1.